The number of benzene rings is 1. The first kappa shape index (κ1) is 19.0. The number of aromatic nitrogens is 3. The van der Waals surface area contributed by atoms with Gasteiger partial charge in [-0.25, -0.2) is 4.39 Å². The van der Waals surface area contributed by atoms with E-state index in [0.29, 0.717) is 10.9 Å². The molecule has 0 unspecified atom stereocenters. The highest BCUT2D eigenvalue weighted by molar-refractivity contribution is 9.10. The summed E-state index contributed by atoms with van der Waals surface area (Å²) in [6.07, 6.45) is 3.32. The number of hydrogen-bond acceptors (Lipinski definition) is 5. The standard InChI is InChI=1S/C18H15BrF2N4O2/c1-3-5-14-23-24-17(27-14)11-9-25(4-2)18(26)15(21)16(11)22-13-7-6-10(19)8-12(13)20/h3,6-9,22H,1,4-5H2,2H3. The van der Waals surface area contributed by atoms with Crippen molar-refractivity contribution in [3.05, 3.63) is 69.4 Å². The van der Waals surface area contributed by atoms with Crippen LogP contribution in [0.4, 0.5) is 20.2 Å². The summed E-state index contributed by atoms with van der Waals surface area (Å²) >= 11 is 3.16. The van der Waals surface area contributed by atoms with Crippen LogP contribution in [0.25, 0.3) is 11.5 Å². The van der Waals surface area contributed by atoms with Gasteiger partial charge < -0.3 is 14.3 Å². The minimum Gasteiger partial charge on any atom is -0.420 e. The SMILES string of the molecule is C=CCc1nnc(-c2cn(CC)c(=O)c(F)c2Nc2ccc(Br)cc2F)o1. The summed E-state index contributed by atoms with van der Waals surface area (Å²) < 4.78 is 36.2. The van der Waals surface area contributed by atoms with E-state index < -0.39 is 17.2 Å². The lowest BCUT2D eigenvalue weighted by Gasteiger charge is -2.14. The van der Waals surface area contributed by atoms with Crippen molar-refractivity contribution in [3.8, 4) is 11.5 Å². The molecule has 6 nitrogen and oxygen atoms in total. The number of anilines is 2. The van der Waals surface area contributed by atoms with Crippen molar-refractivity contribution in [3.63, 3.8) is 0 Å². The molecule has 0 atom stereocenters. The summed E-state index contributed by atoms with van der Waals surface area (Å²) in [4.78, 5) is 12.2. The minimum atomic E-state index is -1.07. The Kier molecular flexibility index (Phi) is 5.50. The first-order valence-electron chi connectivity index (χ1n) is 8.03. The molecule has 0 aliphatic rings. The molecule has 0 saturated heterocycles. The number of nitrogens with zero attached hydrogens (tertiary/aromatic N) is 3. The van der Waals surface area contributed by atoms with Crippen LogP contribution in [-0.2, 0) is 13.0 Å². The zero-order chi connectivity index (χ0) is 19.6. The van der Waals surface area contributed by atoms with Gasteiger partial charge in [0.1, 0.15) is 5.82 Å². The molecule has 0 fully saturated rings. The van der Waals surface area contributed by atoms with Gasteiger partial charge in [0.2, 0.25) is 11.7 Å². The Balaban J connectivity index is 2.16. The topological polar surface area (TPSA) is 73.0 Å². The van der Waals surface area contributed by atoms with Crippen molar-refractivity contribution in [2.75, 3.05) is 5.32 Å². The molecule has 1 N–H and O–H groups in total. The maximum atomic E-state index is 14.8. The van der Waals surface area contributed by atoms with Crippen LogP contribution < -0.4 is 10.9 Å². The third-order valence-electron chi connectivity index (χ3n) is 3.77. The van der Waals surface area contributed by atoms with E-state index in [0.717, 1.165) is 0 Å². The molecule has 2 heterocycles. The van der Waals surface area contributed by atoms with Crippen LogP contribution in [0.1, 0.15) is 12.8 Å². The van der Waals surface area contributed by atoms with Gasteiger partial charge in [0.05, 0.1) is 16.9 Å². The third kappa shape index (κ3) is 3.82. The molecule has 27 heavy (non-hydrogen) atoms. The van der Waals surface area contributed by atoms with Crippen LogP contribution in [0.15, 0.2) is 50.7 Å². The van der Waals surface area contributed by atoms with Gasteiger partial charge in [-0.15, -0.1) is 16.8 Å². The smallest absolute Gasteiger partial charge is 0.288 e. The normalized spacial score (nSPS) is 10.8. The summed E-state index contributed by atoms with van der Waals surface area (Å²) in [7, 11) is 0. The number of allylic oxidation sites excluding steroid dienone is 1. The second kappa shape index (κ2) is 7.83. The predicted molar refractivity (Wildman–Crippen MR) is 101 cm³/mol. The van der Waals surface area contributed by atoms with Gasteiger partial charge in [0.25, 0.3) is 11.4 Å². The minimum absolute atomic E-state index is 0.00201. The van der Waals surface area contributed by atoms with Gasteiger partial charge >= 0.3 is 0 Å². The molecule has 0 saturated carbocycles. The fourth-order valence-electron chi connectivity index (χ4n) is 2.44. The summed E-state index contributed by atoms with van der Waals surface area (Å²) in [6, 6.07) is 4.23. The first-order valence-corrected chi connectivity index (χ1v) is 8.82. The van der Waals surface area contributed by atoms with Crippen molar-refractivity contribution in [2.24, 2.45) is 0 Å². The quantitative estimate of drug-likeness (QED) is 0.578. The average Bonchev–Trinajstić information content (AvgIpc) is 3.10. The Morgan fingerprint density at radius 3 is 2.81 bits per heavy atom. The molecule has 3 rings (SSSR count). The van der Waals surface area contributed by atoms with E-state index in [-0.39, 0.29) is 35.3 Å². The number of nitrogens with one attached hydrogen (secondary N) is 1. The zero-order valence-corrected chi connectivity index (χ0v) is 15.9. The average molecular weight is 437 g/mol. The monoisotopic (exact) mass is 436 g/mol. The van der Waals surface area contributed by atoms with Crippen LogP contribution in [0, 0.1) is 11.6 Å². The molecule has 0 aliphatic carbocycles. The Morgan fingerprint density at radius 1 is 1.37 bits per heavy atom. The Hall–Kier alpha value is -2.81. The van der Waals surface area contributed by atoms with Crippen LogP contribution >= 0.6 is 15.9 Å². The highest BCUT2D eigenvalue weighted by Crippen LogP contribution is 2.32. The van der Waals surface area contributed by atoms with E-state index in [1.807, 2.05) is 0 Å². The predicted octanol–water partition coefficient (Wildman–Crippen LogP) is 4.43. The van der Waals surface area contributed by atoms with Gasteiger partial charge in [-0.1, -0.05) is 22.0 Å². The summed E-state index contributed by atoms with van der Waals surface area (Å²) in [5.74, 6) is -1.39. The Labute approximate surface area is 161 Å². The van der Waals surface area contributed by atoms with Gasteiger partial charge in [-0.05, 0) is 25.1 Å². The molecule has 3 aromatic rings. The molecular weight excluding hydrogens is 422 g/mol. The maximum absolute atomic E-state index is 14.8. The van der Waals surface area contributed by atoms with E-state index >= 15 is 0 Å². The molecular formula is C18H15BrF2N4O2. The molecule has 1 aromatic carbocycles. The van der Waals surface area contributed by atoms with E-state index in [9.17, 15) is 13.6 Å². The fourth-order valence-corrected chi connectivity index (χ4v) is 2.78. The summed E-state index contributed by atoms with van der Waals surface area (Å²) in [6.45, 7) is 5.53. The van der Waals surface area contributed by atoms with Crippen molar-refractivity contribution in [1.82, 2.24) is 14.8 Å². The molecule has 0 bridgehead atoms. The molecule has 140 valence electrons. The molecule has 0 aliphatic heterocycles. The number of pyridine rings is 1. The van der Waals surface area contributed by atoms with Crippen molar-refractivity contribution in [2.45, 2.75) is 19.9 Å². The van der Waals surface area contributed by atoms with Crippen LogP contribution in [0.5, 0.6) is 0 Å². The summed E-state index contributed by atoms with van der Waals surface area (Å²) in [5.41, 5.74) is -0.927. The van der Waals surface area contributed by atoms with Gasteiger partial charge in [0.15, 0.2) is 0 Å². The second-order valence-electron chi connectivity index (χ2n) is 5.57. The van der Waals surface area contributed by atoms with Crippen molar-refractivity contribution < 1.29 is 13.2 Å². The van der Waals surface area contributed by atoms with Gasteiger partial charge in [-0.3, -0.25) is 4.79 Å². The lowest BCUT2D eigenvalue weighted by molar-refractivity contribution is 0.517. The Morgan fingerprint density at radius 2 is 2.15 bits per heavy atom. The number of rotatable bonds is 6. The van der Waals surface area contributed by atoms with Crippen LogP contribution in [-0.4, -0.2) is 14.8 Å². The number of hydrogen-bond donors (Lipinski definition) is 1. The fraction of sp³-hybridized carbons (Fsp3) is 0.167. The lowest BCUT2D eigenvalue weighted by Crippen LogP contribution is -2.24. The van der Waals surface area contributed by atoms with E-state index in [4.69, 9.17) is 4.42 Å². The van der Waals surface area contributed by atoms with E-state index in [1.165, 1.54) is 22.9 Å². The van der Waals surface area contributed by atoms with Gasteiger partial charge in [0, 0.05) is 23.6 Å². The second-order valence-corrected chi connectivity index (χ2v) is 6.48. The number of halogens is 3. The lowest BCUT2D eigenvalue weighted by atomic mass is 10.2. The van der Waals surface area contributed by atoms with E-state index in [1.54, 1.807) is 19.1 Å². The zero-order valence-electron chi connectivity index (χ0n) is 14.3. The highest BCUT2D eigenvalue weighted by Gasteiger charge is 2.22. The highest BCUT2D eigenvalue weighted by atomic mass is 79.9. The van der Waals surface area contributed by atoms with Crippen molar-refractivity contribution in [1.29, 1.82) is 0 Å². The maximum Gasteiger partial charge on any atom is 0.288 e. The van der Waals surface area contributed by atoms with E-state index in [2.05, 4.69) is 38.0 Å². The Bertz CT molecular complexity index is 1060. The van der Waals surface area contributed by atoms with Crippen LogP contribution in [0.2, 0.25) is 0 Å². The molecule has 0 radical (unpaired) electrons. The summed E-state index contributed by atoms with van der Waals surface area (Å²) in [5, 5.41) is 10.4. The molecule has 0 amide bonds. The molecule has 2 aromatic heterocycles. The largest absolute Gasteiger partial charge is 0.420 e. The first-order chi connectivity index (χ1) is 12.9. The number of aryl methyl sites for hydroxylation is 1. The molecule has 0 spiro atoms. The van der Waals surface area contributed by atoms with Crippen molar-refractivity contribution >= 4 is 27.3 Å². The van der Waals surface area contributed by atoms with Crippen LogP contribution in [0.3, 0.4) is 0 Å². The van der Waals surface area contributed by atoms with Gasteiger partial charge in [-0.2, -0.15) is 4.39 Å². The molecule has 9 heteroatoms. The third-order valence-corrected chi connectivity index (χ3v) is 4.26.